The predicted octanol–water partition coefficient (Wildman–Crippen LogP) is 1.08. The first-order chi connectivity index (χ1) is 5.86. The summed E-state index contributed by atoms with van der Waals surface area (Å²) in [6.45, 7) is 7.31. The van der Waals surface area contributed by atoms with E-state index in [4.69, 9.17) is 0 Å². The van der Waals surface area contributed by atoms with Crippen LogP contribution >= 0.6 is 0 Å². The Labute approximate surface area is 75.3 Å². The molecule has 0 amide bonds. The number of nitrogens with one attached hydrogen (secondary N) is 1. The molecule has 70 valence electrons. The van der Waals surface area contributed by atoms with Gasteiger partial charge in [0.2, 0.25) is 0 Å². The Kier molecular flexibility index (Phi) is 2.66. The van der Waals surface area contributed by atoms with E-state index >= 15 is 0 Å². The van der Waals surface area contributed by atoms with Crippen molar-refractivity contribution >= 4 is 0 Å². The molecule has 0 aromatic carbocycles. The van der Waals surface area contributed by atoms with Crippen molar-refractivity contribution in [3.8, 4) is 0 Å². The fourth-order valence-electron chi connectivity index (χ4n) is 1.97. The zero-order valence-corrected chi connectivity index (χ0v) is 8.05. The van der Waals surface area contributed by atoms with E-state index in [2.05, 4.69) is 17.1 Å². The first kappa shape index (κ1) is 8.52. The first-order valence-electron chi connectivity index (χ1n) is 5.31. The zero-order valence-electron chi connectivity index (χ0n) is 8.05. The Morgan fingerprint density at radius 3 is 2.92 bits per heavy atom. The van der Waals surface area contributed by atoms with Crippen LogP contribution in [0.3, 0.4) is 0 Å². The second-order valence-electron chi connectivity index (χ2n) is 4.32. The molecule has 0 bridgehead atoms. The van der Waals surface area contributed by atoms with Crippen LogP contribution in [0.2, 0.25) is 0 Å². The van der Waals surface area contributed by atoms with E-state index in [0.717, 1.165) is 12.0 Å². The van der Waals surface area contributed by atoms with Gasteiger partial charge in [0.1, 0.15) is 0 Å². The SMILES string of the molecule is C[C@H]1CNCCN1CCC1CC1. The lowest BCUT2D eigenvalue weighted by Gasteiger charge is -2.33. The van der Waals surface area contributed by atoms with E-state index in [0.29, 0.717) is 0 Å². The summed E-state index contributed by atoms with van der Waals surface area (Å²) in [6, 6.07) is 0.762. The summed E-state index contributed by atoms with van der Waals surface area (Å²) in [5.74, 6) is 1.09. The second-order valence-corrected chi connectivity index (χ2v) is 4.32. The minimum Gasteiger partial charge on any atom is -0.314 e. The predicted molar refractivity (Wildman–Crippen MR) is 51.2 cm³/mol. The summed E-state index contributed by atoms with van der Waals surface area (Å²) in [7, 11) is 0. The van der Waals surface area contributed by atoms with Gasteiger partial charge < -0.3 is 5.32 Å². The molecule has 1 heterocycles. The summed E-state index contributed by atoms with van der Waals surface area (Å²) in [4.78, 5) is 2.63. The van der Waals surface area contributed by atoms with Crippen LogP contribution in [-0.4, -0.2) is 37.1 Å². The van der Waals surface area contributed by atoms with Gasteiger partial charge in [-0.2, -0.15) is 0 Å². The third-order valence-electron chi connectivity index (χ3n) is 3.16. The molecule has 1 saturated carbocycles. The van der Waals surface area contributed by atoms with Gasteiger partial charge in [0.25, 0.3) is 0 Å². The normalized spacial score (nSPS) is 32.2. The topological polar surface area (TPSA) is 15.3 Å². The number of piperazine rings is 1. The molecule has 2 nitrogen and oxygen atoms in total. The Bertz CT molecular complexity index is 143. The van der Waals surface area contributed by atoms with Gasteiger partial charge in [-0.3, -0.25) is 4.90 Å². The lowest BCUT2D eigenvalue weighted by Crippen LogP contribution is -2.49. The van der Waals surface area contributed by atoms with Crippen LogP contribution in [0.15, 0.2) is 0 Å². The van der Waals surface area contributed by atoms with E-state index < -0.39 is 0 Å². The molecule has 0 aromatic rings. The Hall–Kier alpha value is -0.0800. The number of hydrogen-bond acceptors (Lipinski definition) is 2. The van der Waals surface area contributed by atoms with Crippen LogP contribution in [0.1, 0.15) is 26.2 Å². The van der Waals surface area contributed by atoms with Crippen molar-refractivity contribution < 1.29 is 0 Å². The van der Waals surface area contributed by atoms with Crippen molar-refractivity contribution in [1.29, 1.82) is 0 Å². The number of nitrogens with zero attached hydrogens (tertiary/aromatic N) is 1. The first-order valence-corrected chi connectivity index (χ1v) is 5.31. The molecule has 12 heavy (non-hydrogen) atoms. The number of hydrogen-bond donors (Lipinski definition) is 1. The van der Waals surface area contributed by atoms with Crippen LogP contribution in [0.5, 0.6) is 0 Å². The molecule has 1 aliphatic heterocycles. The molecule has 1 N–H and O–H groups in total. The largest absolute Gasteiger partial charge is 0.314 e. The van der Waals surface area contributed by atoms with Gasteiger partial charge in [0.05, 0.1) is 0 Å². The maximum absolute atomic E-state index is 3.43. The maximum atomic E-state index is 3.43. The fraction of sp³-hybridized carbons (Fsp3) is 1.00. The molecule has 0 unspecified atom stereocenters. The summed E-state index contributed by atoms with van der Waals surface area (Å²) < 4.78 is 0. The monoisotopic (exact) mass is 168 g/mol. The van der Waals surface area contributed by atoms with E-state index in [1.807, 2.05) is 0 Å². The highest BCUT2D eigenvalue weighted by atomic mass is 15.2. The molecule has 0 radical (unpaired) electrons. The van der Waals surface area contributed by atoms with Gasteiger partial charge in [0.15, 0.2) is 0 Å². The van der Waals surface area contributed by atoms with Crippen molar-refractivity contribution in [3.63, 3.8) is 0 Å². The summed E-state index contributed by atoms with van der Waals surface area (Å²) in [5, 5.41) is 3.43. The van der Waals surface area contributed by atoms with Crippen LogP contribution in [0.25, 0.3) is 0 Å². The van der Waals surface area contributed by atoms with E-state index in [9.17, 15) is 0 Å². The molecular weight excluding hydrogens is 148 g/mol. The average molecular weight is 168 g/mol. The highest BCUT2D eigenvalue weighted by Gasteiger charge is 2.24. The quantitative estimate of drug-likeness (QED) is 0.678. The van der Waals surface area contributed by atoms with E-state index in [-0.39, 0.29) is 0 Å². The van der Waals surface area contributed by atoms with Gasteiger partial charge in [-0.25, -0.2) is 0 Å². The Balaban J connectivity index is 1.68. The molecule has 2 rings (SSSR count). The van der Waals surface area contributed by atoms with Crippen LogP contribution < -0.4 is 5.32 Å². The maximum Gasteiger partial charge on any atom is 0.0192 e. The number of rotatable bonds is 3. The zero-order chi connectivity index (χ0) is 8.39. The van der Waals surface area contributed by atoms with Gasteiger partial charge in [0, 0.05) is 25.7 Å². The molecular formula is C10H20N2. The van der Waals surface area contributed by atoms with Gasteiger partial charge in [-0.05, 0) is 25.8 Å². The van der Waals surface area contributed by atoms with Crippen LogP contribution in [0, 0.1) is 5.92 Å². The molecule has 1 aliphatic carbocycles. The van der Waals surface area contributed by atoms with Gasteiger partial charge in [-0.1, -0.05) is 12.8 Å². The van der Waals surface area contributed by atoms with Crippen LogP contribution in [0.4, 0.5) is 0 Å². The summed E-state index contributed by atoms with van der Waals surface area (Å²) in [6.07, 6.45) is 4.45. The van der Waals surface area contributed by atoms with Crippen LogP contribution in [-0.2, 0) is 0 Å². The highest BCUT2D eigenvalue weighted by Crippen LogP contribution is 2.32. The van der Waals surface area contributed by atoms with Crippen molar-refractivity contribution in [3.05, 3.63) is 0 Å². The molecule has 0 spiro atoms. The van der Waals surface area contributed by atoms with Gasteiger partial charge >= 0.3 is 0 Å². The molecule has 2 heteroatoms. The smallest absolute Gasteiger partial charge is 0.0192 e. The molecule has 1 atom stereocenters. The van der Waals surface area contributed by atoms with Crippen molar-refractivity contribution in [2.45, 2.75) is 32.2 Å². The Morgan fingerprint density at radius 1 is 1.42 bits per heavy atom. The van der Waals surface area contributed by atoms with Crippen molar-refractivity contribution in [1.82, 2.24) is 10.2 Å². The fourth-order valence-corrected chi connectivity index (χ4v) is 1.97. The van der Waals surface area contributed by atoms with E-state index in [1.165, 1.54) is 45.4 Å². The molecule has 2 aliphatic rings. The third kappa shape index (κ3) is 2.20. The molecule has 2 fully saturated rings. The highest BCUT2D eigenvalue weighted by molar-refractivity contribution is 4.79. The van der Waals surface area contributed by atoms with Crippen molar-refractivity contribution in [2.24, 2.45) is 5.92 Å². The van der Waals surface area contributed by atoms with E-state index in [1.54, 1.807) is 0 Å². The lowest BCUT2D eigenvalue weighted by molar-refractivity contribution is 0.169. The minimum absolute atomic E-state index is 0.762. The standard InChI is InChI=1S/C10H20N2/c1-9-8-11-5-7-12(9)6-4-10-2-3-10/h9-11H,2-8H2,1H3/t9-/m0/s1. The third-order valence-corrected chi connectivity index (χ3v) is 3.16. The minimum atomic E-state index is 0.762. The summed E-state index contributed by atoms with van der Waals surface area (Å²) in [5.41, 5.74) is 0. The summed E-state index contributed by atoms with van der Waals surface area (Å²) >= 11 is 0. The second kappa shape index (κ2) is 3.75. The average Bonchev–Trinajstić information content (AvgIpc) is 2.86. The Morgan fingerprint density at radius 2 is 2.25 bits per heavy atom. The van der Waals surface area contributed by atoms with Gasteiger partial charge in [-0.15, -0.1) is 0 Å². The molecule has 1 saturated heterocycles. The van der Waals surface area contributed by atoms with Crippen molar-refractivity contribution in [2.75, 3.05) is 26.2 Å². The molecule has 0 aromatic heterocycles. The lowest BCUT2D eigenvalue weighted by atomic mass is 10.2.